The summed E-state index contributed by atoms with van der Waals surface area (Å²) in [6, 6.07) is 42.7. The van der Waals surface area contributed by atoms with Gasteiger partial charge in [-0.2, -0.15) is 9.13 Å². The van der Waals surface area contributed by atoms with Crippen LogP contribution in [0.25, 0.3) is 72.2 Å². The van der Waals surface area contributed by atoms with E-state index in [-0.39, 0.29) is 0 Å². The Morgan fingerprint density at radius 1 is 0.627 bits per heavy atom. The van der Waals surface area contributed by atoms with Crippen molar-refractivity contribution in [3.8, 4) is 39.8 Å². The smallest absolute Gasteiger partial charge is 0.397 e. The maximum absolute atomic E-state index is 6.81. The fourth-order valence-corrected chi connectivity index (χ4v) is 9.26. The van der Waals surface area contributed by atoms with E-state index >= 15 is 0 Å². The predicted molar refractivity (Wildman–Crippen MR) is 194 cm³/mol. The van der Waals surface area contributed by atoms with Crippen LogP contribution in [-0.2, 0) is 5.66 Å². The first-order valence-corrected chi connectivity index (χ1v) is 17.2. The van der Waals surface area contributed by atoms with Crippen LogP contribution in [0.2, 0.25) is 0 Å². The fourth-order valence-electron chi connectivity index (χ4n) is 9.26. The molecule has 0 N–H and O–H groups in total. The Kier molecular flexibility index (Phi) is 4.44. The lowest BCUT2D eigenvalue weighted by Gasteiger charge is -2.32. The SMILES string of the molecule is c1ccc(-n2c3ncccc3c3cc(-c4cn5[n+](c4)C46c7c(cccc7-5)Oc5ccc7c8ccccc8n(c7c54)-c4cccc[n+]46)cnc32)cc1. The topological polar surface area (TPSA) is 57.6 Å². The number of pyridine rings is 3. The van der Waals surface area contributed by atoms with Gasteiger partial charge in [-0.05, 0) is 72.8 Å². The van der Waals surface area contributed by atoms with Crippen molar-refractivity contribution in [3.05, 3.63) is 163 Å². The van der Waals surface area contributed by atoms with Crippen LogP contribution >= 0.6 is 0 Å². The zero-order valence-corrected chi connectivity index (χ0v) is 27.0. The molecule has 6 aromatic heterocycles. The van der Waals surface area contributed by atoms with E-state index in [0.29, 0.717) is 0 Å². The largest absolute Gasteiger partial charge is 0.456 e. The second kappa shape index (κ2) is 8.74. The second-order valence-corrected chi connectivity index (χ2v) is 13.6. The summed E-state index contributed by atoms with van der Waals surface area (Å²) in [6.45, 7) is 0. The summed E-state index contributed by atoms with van der Waals surface area (Å²) in [4.78, 5) is 9.93. The first kappa shape index (κ1) is 25.9. The fraction of sp³-hybridized carbons (Fsp3) is 0.0233. The van der Waals surface area contributed by atoms with Crippen LogP contribution in [-0.4, -0.2) is 23.8 Å². The first-order chi connectivity index (χ1) is 25.3. The van der Waals surface area contributed by atoms with E-state index in [1.54, 1.807) is 0 Å². The summed E-state index contributed by atoms with van der Waals surface area (Å²) in [5.41, 5.74) is 9.91. The molecular weight excluding hydrogens is 631 g/mol. The summed E-state index contributed by atoms with van der Waals surface area (Å²) >= 11 is 0. The molecule has 0 saturated carbocycles. The molecule has 4 aromatic carbocycles. The predicted octanol–water partition coefficient (Wildman–Crippen LogP) is 7.73. The van der Waals surface area contributed by atoms with Crippen LogP contribution in [0.4, 0.5) is 0 Å². The molecule has 0 saturated heterocycles. The van der Waals surface area contributed by atoms with E-state index in [1.165, 1.54) is 21.8 Å². The second-order valence-electron chi connectivity index (χ2n) is 13.6. The lowest BCUT2D eigenvalue weighted by molar-refractivity contribution is -0.993. The molecule has 8 heteroatoms. The molecule has 1 atom stereocenters. The summed E-state index contributed by atoms with van der Waals surface area (Å²) in [6.07, 6.45) is 10.6. The number of hydrogen-bond donors (Lipinski definition) is 0. The zero-order valence-electron chi connectivity index (χ0n) is 27.0. The van der Waals surface area contributed by atoms with E-state index in [2.05, 4.69) is 151 Å². The van der Waals surface area contributed by atoms with Gasteiger partial charge in [-0.15, -0.1) is 4.68 Å². The molecule has 9 heterocycles. The van der Waals surface area contributed by atoms with Gasteiger partial charge in [-0.3, -0.25) is 4.57 Å². The normalized spacial score (nSPS) is 16.1. The molecule has 3 aliphatic heterocycles. The number of ether oxygens (including phenoxy) is 1. The number of benzene rings is 4. The van der Waals surface area contributed by atoms with Crippen molar-refractivity contribution in [2.45, 2.75) is 5.66 Å². The molecule has 0 amide bonds. The number of nitrogens with zero attached hydrogens (tertiary/aromatic N) is 7. The minimum absolute atomic E-state index is 0.733. The highest BCUT2D eigenvalue weighted by atomic mass is 16.5. The third-order valence-electron chi connectivity index (χ3n) is 11.2. The number of hydrogen-bond acceptors (Lipinski definition) is 3. The molecule has 3 aliphatic rings. The van der Waals surface area contributed by atoms with Crippen molar-refractivity contribution in [3.63, 3.8) is 0 Å². The van der Waals surface area contributed by atoms with Gasteiger partial charge in [-0.25, -0.2) is 9.97 Å². The van der Waals surface area contributed by atoms with Gasteiger partial charge >= 0.3 is 5.66 Å². The molecule has 8 nitrogen and oxygen atoms in total. The zero-order chi connectivity index (χ0) is 33.0. The van der Waals surface area contributed by atoms with Gasteiger partial charge in [0.15, 0.2) is 11.1 Å². The Balaban J connectivity index is 1.13. The van der Waals surface area contributed by atoms with E-state index in [4.69, 9.17) is 14.7 Å². The Labute approximate surface area is 289 Å². The summed E-state index contributed by atoms with van der Waals surface area (Å²) in [7, 11) is 0. The quantitative estimate of drug-likeness (QED) is 0.179. The van der Waals surface area contributed by atoms with Crippen molar-refractivity contribution >= 4 is 43.9 Å². The van der Waals surface area contributed by atoms with Gasteiger partial charge in [0.25, 0.3) is 5.82 Å². The molecule has 1 unspecified atom stereocenters. The summed E-state index contributed by atoms with van der Waals surface area (Å²) in [5, 5.41) is 4.58. The first-order valence-electron chi connectivity index (χ1n) is 17.2. The Bertz CT molecular complexity index is 3190. The van der Waals surface area contributed by atoms with E-state index < -0.39 is 5.66 Å². The molecule has 0 radical (unpaired) electrons. The molecule has 0 aliphatic carbocycles. The number of para-hydroxylation sites is 2. The van der Waals surface area contributed by atoms with Crippen LogP contribution < -0.4 is 14.0 Å². The number of fused-ring (bicyclic) bond motifs is 10. The van der Waals surface area contributed by atoms with Crippen molar-refractivity contribution in [2.24, 2.45) is 0 Å². The standard InChI is InChI=1S/C43H25N7O/c1-2-10-28(11-3-1)49-41-31(13-9-20-44-41)32-22-26(23-45-42(32)49)27-24-47-34-15-8-16-35-38(34)43(48(47)25-27)39-36(51-35)19-18-30-29-12-4-5-14-33(29)50(40(30)39)37-17-6-7-21-46(37)43/h1-25H/q+2. The van der Waals surface area contributed by atoms with Crippen LogP contribution in [0.15, 0.2) is 152 Å². The lowest BCUT2D eigenvalue weighted by atomic mass is 9.84. The van der Waals surface area contributed by atoms with Gasteiger partial charge in [-0.1, -0.05) is 47.1 Å². The van der Waals surface area contributed by atoms with Gasteiger partial charge in [0, 0.05) is 51.3 Å². The molecule has 10 aromatic rings. The molecule has 0 fully saturated rings. The van der Waals surface area contributed by atoms with Gasteiger partial charge in [0.2, 0.25) is 6.20 Å². The average Bonchev–Trinajstić information content (AvgIpc) is 3.93. The molecule has 51 heavy (non-hydrogen) atoms. The third kappa shape index (κ3) is 2.89. The maximum Gasteiger partial charge on any atom is 0.397 e. The van der Waals surface area contributed by atoms with Gasteiger partial charge < -0.3 is 4.74 Å². The van der Waals surface area contributed by atoms with Gasteiger partial charge in [0.1, 0.15) is 39.6 Å². The molecule has 0 bridgehead atoms. The van der Waals surface area contributed by atoms with Crippen molar-refractivity contribution < 1.29 is 14.0 Å². The number of rotatable bonds is 2. The highest BCUT2D eigenvalue weighted by molar-refractivity contribution is 6.11. The van der Waals surface area contributed by atoms with E-state index in [1.807, 2.05) is 24.5 Å². The molecule has 13 rings (SSSR count). The molecular formula is C43H25N7O+2. The van der Waals surface area contributed by atoms with Crippen molar-refractivity contribution in [1.82, 2.24) is 23.8 Å². The lowest BCUT2D eigenvalue weighted by Crippen LogP contribution is -2.76. The third-order valence-corrected chi connectivity index (χ3v) is 11.2. The Hall–Kier alpha value is -7.06. The van der Waals surface area contributed by atoms with Gasteiger partial charge in [0.05, 0.1) is 18.0 Å². The van der Waals surface area contributed by atoms with E-state index in [9.17, 15) is 0 Å². The highest BCUT2D eigenvalue weighted by Crippen LogP contribution is 2.55. The molecule has 1 spiro atoms. The maximum atomic E-state index is 6.81. The van der Waals surface area contributed by atoms with E-state index in [0.717, 1.165) is 73.0 Å². The van der Waals surface area contributed by atoms with Crippen LogP contribution in [0.1, 0.15) is 11.1 Å². The van der Waals surface area contributed by atoms with Crippen LogP contribution in [0.5, 0.6) is 11.5 Å². The summed E-state index contributed by atoms with van der Waals surface area (Å²) in [5.74, 6) is 2.84. The Morgan fingerprint density at radius 2 is 1.47 bits per heavy atom. The van der Waals surface area contributed by atoms with Crippen LogP contribution in [0.3, 0.4) is 0 Å². The molecule has 236 valence electrons. The summed E-state index contributed by atoms with van der Waals surface area (Å²) < 4.78 is 18.5. The highest BCUT2D eigenvalue weighted by Gasteiger charge is 2.68. The minimum Gasteiger partial charge on any atom is -0.456 e. The Morgan fingerprint density at radius 3 is 2.43 bits per heavy atom. The van der Waals surface area contributed by atoms with Crippen LogP contribution in [0, 0.1) is 0 Å². The van der Waals surface area contributed by atoms with Crippen molar-refractivity contribution in [1.29, 1.82) is 0 Å². The average molecular weight is 656 g/mol. The minimum atomic E-state index is -0.733. The monoisotopic (exact) mass is 655 g/mol. The van der Waals surface area contributed by atoms with Crippen molar-refractivity contribution in [2.75, 3.05) is 0 Å². The number of aromatic nitrogens is 7.